The van der Waals surface area contributed by atoms with Gasteiger partial charge in [-0.2, -0.15) is 18.2 Å². The SMILES string of the molecule is [C-]#[N+]c1ccc(NC(=O)[C@](C)(O)CS(=O)(=O)c2ccc(N=C=S)cc2)cc1C(F)(F)F. The standard InChI is InChI=1S/C19H14F3N3O4S2/c1-18(27,10-31(28,29)14-6-3-12(4-7-14)24-11-30)17(26)25-13-5-8-16(23-2)15(9-13)19(20,21)22/h3-9,27H,10H2,1H3,(H,25,26)/t18-/m1/s1. The normalized spacial score (nSPS) is 13.4. The number of aliphatic hydroxyl groups is 1. The van der Waals surface area contributed by atoms with Gasteiger partial charge in [0.2, 0.25) is 0 Å². The van der Waals surface area contributed by atoms with E-state index in [-0.39, 0.29) is 10.6 Å². The highest BCUT2D eigenvalue weighted by Gasteiger charge is 2.38. The molecule has 7 nitrogen and oxygen atoms in total. The van der Waals surface area contributed by atoms with Gasteiger partial charge in [-0.25, -0.2) is 13.3 Å². The molecule has 1 amide bonds. The van der Waals surface area contributed by atoms with Gasteiger partial charge in [0, 0.05) is 5.69 Å². The number of nitrogens with one attached hydrogen (secondary N) is 1. The maximum atomic E-state index is 13.1. The lowest BCUT2D eigenvalue weighted by Gasteiger charge is -2.22. The van der Waals surface area contributed by atoms with Crippen molar-refractivity contribution < 1.29 is 31.5 Å². The van der Waals surface area contributed by atoms with Crippen LogP contribution in [-0.2, 0) is 20.8 Å². The van der Waals surface area contributed by atoms with Crippen LogP contribution in [0.1, 0.15) is 12.5 Å². The molecule has 0 aliphatic carbocycles. The number of anilines is 1. The summed E-state index contributed by atoms with van der Waals surface area (Å²) in [5, 5.41) is 14.6. The Morgan fingerprint density at radius 1 is 1.26 bits per heavy atom. The van der Waals surface area contributed by atoms with Crippen LogP contribution in [0.4, 0.5) is 30.2 Å². The second-order valence-corrected chi connectivity index (χ2v) is 8.70. The molecule has 2 rings (SSSR count). The van der Waals surface area contributed by atoms with Gasteiger partial charge in [-0.15, -0.1) is 0 Å². The molecule has 0 saturated carbocycles. The summed E-state index contributed by atoms with van der Waals surface area (Å²) in [5.74, 6) is -2.27. The van der Waals surface area contributed by atoms with Crippen LogP contribution in [-0.4, -0.2) is 35.9 Å². The van der Waals surface area contributed by atoms with Crippen molar-refractivity contribution in [1.82, 2.24) is 0 Å². The molecule has 0 bridgehead atoms. The van der Waals surface area contributed by atoms with E-state index in [1.165, 1.54) is 24.3 Å². The number of halogens is 3. The van der Waals surface area contributed by atoms with Crippen molar-refractivity contribution in [2.45, 2.75) is 23.6 Å². The molecule has 0 spiro atoms. The lowest BCUT2D eigenvalue weighted by atomic mass is 10.1. The summed E-state index contributed by atoms with van der Waals surface area (Å²) in [6, 6.07) is 7.53. The van der Waals surface area contributed by atoms with E-state index in [4.69, 9.17) is 6.57 Å². The molecule has 12 heteroatoms. The number of nitrogens with zero attached hydrogens (tertiary/aromatic N) is 2. The molecule has 0 saturated heterocycles. The molecule has 2 N–H and O–H groups in total. The Kier molecular flexibility index (Phi) is 6.98. The van der Waals surface area contributed by atoms with E-state index < -0.39 is 44.5 Å². The minimum Gasteiger partial charge on any atom is -0.379 e. The Morgan fingerprint density at radius 2 is 1.87 bits per heavy atom. The number of carbonyl (C=O) groups excluding carboxylic acids is 1. The van der Waals surface area contributed by atoms with Gasteiger partial charge in [-0.3, -0.25) is 4.79 Å². The first kappa shape index (κ1) is 24.2. The molecule has 0 unspecified atom stereocenters. The van der Waals surface area contributed by atoms with Crippen molar-refractivity contribution in [3.63, 3.8) is 0 Å². The predicted molar refractivity (Wildman–Crippen MR) is 110 cm³/mol. The average Bonchev–Trinajstić information content (AvgIpc) is 2.67. The Hall–Kier alpha value is -3.10. The molecule has 0 aromatic heterocycles. The molecule has 0 fully saturated rings. The van der Waals surface area contributed by atoms with Crippen LogP contribution < -0.4 is 5.32 Å². The quantitative estimate of drug-likeness (QED) is 0.376. The number of carbonyl (C=O) groups is 1. The maximum absolute atomic E-state index is 13.1. The third-order valence-corrected chi connectivity index (χ3v) is 6.03. The second-order valence-electron chi connectivity index (χ2n) is 6.53. The Morgan fingerprint density at radius 3 is 2.39 bits per heavy atom. The molecule has 0 radical (unpaired) electrons. The fourth-order valence-electron chi connectivity index (χ4n) is 2.50. The Balaban J connectivity index is 2.25. The molecule has 0 aliphatic heterocycles. The van der Waals surface area contributed by atoms with Gasteiger partial charge in [-0.05, 0) is 55.5 Å². The van der Waals surface area contributed by atoms with Crippen LogP contribution in [0, 0.1) is 6.57 Å². The number of aliphatic imine (C=N–C) groups is 1. The van der Waals surface area contributed by atoms with Crippen LogP contribution in [0.15, 0.2) is 52.4 Å². The van der Waals surface area contributed by atoms with Gasteiger partial charge < -0.3 is 10.4 Å². The summed E-state index contributed by atoms with van der Waals surface area (Å²) in [7, 11) is -4.15. The number of hydrogen-bond acceptors (Lipinski definition) is 6. The van der Waals surface area contributed by atoms with Crippen molar-refractivity contribution in [2.24, 2.45) is 4.99 Å². The third-order valence-electron chi connectivity index (χ3n) is 4.01. The van der Waals surface area contributed by atoms with E-state index in [1.807, 2.05) is 0 Å². The van der Waals surface area contributed by atoms with E-state index in [9.17, 15) is 31.5 Å². The topological polar surface area (TPSA) is 100 Å². The fourth-order valence-corrected chi connectivity index (χ4v) is 4.20. The first-order valence-electron chi connectivity index (χ1n) is 8.33. The molecule has 0 heterocycles. The van der Waals surface area contributed by atoms with Gasteiger partial charge in [0.1, 0.15) is 0 Å². The van der Waals surface area contributed by atoms with Gasteiger partial charge in [0.25, 0.3) is 5.91 Å². The summed E-state index contributed by atoms with van der Waals surface area (Å²) in [5.41, 5.74) is -4.42. The maximum Gasteiger partial charge on any atom is 0.407 e. The zero-order valence-corrected chi connectivity index (χ0v) is 17.4. The summed E-state index contributed by atoms with van der Waals surface area (Å²) in [6.45, 7) is 7.73. The number of sulfone groups is 1. The summed E-state index contributed by atoms with van der Waals surface area (Å²) >= 11 is 4.45. The number of thiocarbonyl (C=S) groups is 1. The number of benzene rings is 2. The van der Waals surface area contributed by atoms with Crippen molar-refractivity contribution in [3.8, 4) is 0 Å². The minimum absolute atomic E-state index is 0.204. The van der Waals surface area contributed by atoms with E-state index in [1.54, 1.807) is 0 Å². The van der Waals surface area contributed by atoms with Crippen molar-refractivity contribution in [2.75, 3.05) is 11.1 Å². The molecule has 1 atom stereocenters. The highest BCUT2D eigenvalue weighted by Crippen LogP contribution is 2.38. The molecule has 2 aromatic carbocycles. The van der Waals surface area contributed by atoms with E-state index >= 15 is 0 Å². The number of amides is 1. The number of hydrogen-bond donors (Lipinski definition) is 2. The third kappa shape index (κ3) is 5.96. The summed E-state index contributed by atoms with van der Waals surface area (Å²) in [4.78, 5) is 18.6. The summed E-state index contributed by atoms with van der Waals surface area (Å²) in [6.07, 6.45) is -4.84. The molecular formula is C19H14F3N3O4S2. The average molecular weight is 469 g/mol. The number of rotatable bonds is 6. The van der Waals surface area contributed by atoms with Crippen LogP contribution in [0.3, 0.4) is 0 Å². The number of alkyl halides is 3. The monoisotopic (exact) mass is 469 g/mol. The molecule has 31 heavy (non-hydrogen) atoms. The van der Waals surface area contributed by atoms with E-state index in [0.717, 1.165) is 19.1 Å². The molecule has 162 valence electrons. The summed E-state index contributed by atoms with van der Waals surface area (Å²) < 4.78 is 64.3. The Labute approximate surface area is 181 Å². The number of isothiocyanates is 1. The zero-order chi connectivity index (χ0) is 23.4. The van der Waals surface area contributed by atoms with Gasteiger partial charge >= 0.3 is 6.18 Å². The largest absolute Gasteiger partial charge is 0.407 e. The fraction of sp³-hybridized carbons (Fsp3) is 0.211. The van der Waals surface area contributed by atoms with Gasteiger partial charge in [0.15, 0.2) is 21.1 Å². The Bertz CT molecular complexity index is 1200. The second kappa shape index (κ2) is 8.95. The first-order chi connectivity index (χ1) is 14.3. The zero-order valence-electron chi connectivity index (χ0n) is 15.8. The minimum atomic E-state index is -4.84. The van der Waals surface area contributed by atoms with Crippen LogP contribution in [0.25, 0.3) is 4.85 Å². The van der Waals surface area contributed by atoms with Gasteiger partial charge in [0.05, 0.1) is 33.6 Å². The van der Waals surface area contributed by atoms with E-state index in [0.29, 0.717) is 11.8 Å². The van der Waals surface area contributed by atoms with E-state index in [2.05, 4.69) is 32.5 Å². The smallest absolute Gasteiger partial charge is 0.379 e. The molecule has 2 aromatic rings. The lowest BCUT2D eigenvalue weighted by molar-refractivity contribution is -0.137. The highest BCUT2D eigenvalue weighted by atomic mass is 32.2. The van der Waals surface area contributed by atoms with Crippen LogP contribution in [0.2, 0.25) is 0 Å². The van der Waals surface area contributed by atoms with Crippen LogP contribution in [0.5, 0.6) is 0 Å². The van der Waals surface area contributed by atoms with Crippen molar-refractivity contribution in [3.05, 3.63) is 59.4 Å². The van der Waals surface area contributed by atoms with Gasteiger partial charge in [-0.1, -0.05) is 6.07 Å². The molecular weight excluding hydrogens is 455 g/mol. The van der Waals surface area contributed by atoms with Crippen molar-refractivity contribution >= 4 is 50.2 Å². The predicted octanol–water partition coefficient (Wildman–Crippen LogP) is 4.15. The highest BCUT2D eigenvalue weighted by molar-refractivity contribution is 7.91. The first-order valence-corrected chi connectivity index (χ1v) is 10.4. The lowest BCUT2D eigenvalue weighted by Crippen LogP contribution is -2.45. The van der Waals surface area contributed by atoms with Crippen LogP contribution >= 0.6 is 12.2 Å². The molecule has 0 aliphatic rings. The van der Waals surface area contributed by atoms with Crippen molar-refractivity contribution in [1.29, 1.82) is 0 Å².